The Labute approximate surface area is 95.0 Å². The van der Waals surface area contributed by atoms with Crippen LogP contribution in [0.1, 0.15) is 11.1 Å². The Morgan fingerprint density at radius 1 is 1.50 bits per heavy atom. The second-order valence-electron chi connectivity index (χ2n) is 3.50. The summed E-state index contributed by atoms with van der Waals surface area (Å²) < 4.78 is 0. The van der Waals surface area contributed by atoms with Gasteiger partial charge in [-0.05, 0) is 12.5 Å². The molecule has 0 unspecified atom stereocenters. The largest absolute Gasteiger partial charge is 0.394 e. The Balaban J connectivity index is 2.71. The van der Waals surface area contributed by atoms with Crippen LogP contribution in [0.25, 0.3) is 0 Å². The zero-order valence-electron chi connectivity index (χ0n) is 9.47. The molecule has 0 aliphatic rings. The fourth-order valence-electron chi connectivity index (χ4n) is 1.19. The lowest BCUT2D eigenvalue weighted by Gasteiger charge is -2.06. The minimum atomic E-state index is -0.730. The third-order valence-corrected chi connectivity index (χ3v) is 2.20. The SMILES string of the molecule is CNC(=O)[C@H](CO)N=Cc1ccc(C)cc1. The van der Waals surface area contributed by atoms with Gasteiger partial charge in [0.15, 0.2) is 6.04 Å². The summed E-state index contributed by atoms with van der Waals surface area (Å²) in [4.78, 5) is 15.3. The Kier molecular flexibility index (Phi) is 4.66. The fourth-order valence-corrected chi connectivity index (χ4v) is 1.19. The summed E-state index contributed by atoms with van der Waals surface area (Å²) in [5, 5.41) is 11.4. The van der Waals surface area contributed by atoms with Gasteiger partial charge in [-0.15, -0.1) is 0 Å². The molecule has 0 heterocycles. The average molecular weight is 220 g/mol. The number of hydrogen-bond donors (Lipinski definition) is 2. The average Bonchev–Trinajstić information content (AvgIpc) is 2.31. The first kappa shape index (κ1) is 12.4. The van der Waals surface area contributed by atoms with Gasteiger partial charge in [-0.25, -0.2) is 0 Å². The molecule has 0 aliphatic carbocycles. The van der Waals surface area contributed by atoms with Crippen molar-refractivity contribution in [2.75, 3.05) is 13.7 Å². The van der Waals surface area contributed by atoms with Crippen molar-refractivity contribution in [2.24, 2.45) is 4.99 Å². The number of carbonyl (C=O) groups is 1. The van der Waals surface area contributed by atoms with Crippen LogP contribution in [-0.4, -0.2) is 36.9 Å². The highest BCUT2D eigenvalue weighted by Gasteiger charge is 2.12. The molecule has 1 rings (SSSR count). The van der Waals surface area contributed by atoms with Crippen LogP contribution >= 0.6 is 0 Å². The Hall–Kier alpha value is -1.68. The first-order chi connectivity index (χ1) is 7.67. The summed E-state index contributed by atoms with van der Waals surface area (Å²) in [5.74, 6) is -0.286. The number of benzene rings is 1. The lowest BCUT2D eigenvalue weighted by molar-refractivity contribution is -0.122. The molecule has 86 valence electrons. The Bertz CT molecular complexity index is 371. The summed E-state index contributed by atoms with van der Waals surface area (Å²) >= 11 is 0. The maximum Gasteiger partial charge on any atom is 0.246 e. The molecular weight excluding hydrogens is 204 g/mol. The van der Waals surface area contributed by atoms with Crippen LogP contribution in [0.15, 0.2) is 29.3 Å². The molecule has 16 heavy (non-hydrogen) atoms. The fraction of sp³-hybridized carbons (Fsp3) is 0.333. The number of likely N-dealkylation sites (N-methyl/N-ethyl adjacent to an activating group) is 1. The highest BCUT2D eigenvalue weighted by atomic mass is 16.3. The van der Waals surface area contributed by atoms with Crippen molar-refractivity contribution in [1.29, 1.82) is 0 Å². The van der Waals surface area contributed by atoms with Crippen LogP contribution in [0.4, 0.5) is 0 Å². The van der Waals surface area contributed by atoms with Gasteiger partial charge in [-0.2, -0.15) is 0 Å². The van der Waals surface area contributed by atoms with E-state index in [-0.39, 0.29) is 12.5 Å². The number of nitrogens with one attached hydrogen (secondary N) is 1. The molecule has 0 saturated heterocycles. The number of amides is 1. The van der Waals surface area contributed by atoms with Crippen molar-refractivity contribution in [3.8, 4) is 0 Å². The summed E-state index contributed by atoms with van der Waals surface area (Å²) in [7, 11) is 1.52. The smallest absolute Gasteiger partial charge is 0.246 e. The number of aliphatic hydroxyl groups excluding tert-OH is 1. The van der Waals surface area contributed by atoms with Gasteiger partial charge in [0.2, 0.25) is 5.91 Å². The number of nitrogens with zero attached hydrogens (tertiary/aromatic N) is 1. The second-order valence-corrected chi connectivity index (χ2v) is 3.50. The normalized spacial score (nSPS) is 12.7. The molecule has 0 fully saturated rings. The molecule has 0 aromatic heterocycles. The van der Waals surface area contributed by atoms with Gasteiger partial charge in [0.25, 0.3) is 0 Å². The number of rotatable bonds is 4. The molecule has 0 aliphatic heterocycles. The maximum absolute atomic E-state index is 11.2. The summed E-state index contributed by atoms with van der Waals surface area (Å²) in [6.07, 6.45) is 1.59. The zero-order valence-corrected chi connectivity index (χ0v) is 9.47. The lowest BCUT2D eigenvalue weighted by Crippen LogP contribution is -2.33. The molecule has 4 nitrogen and oxygen atoms in total. The molecule has 4 heteroatoms. The van der Waals surface area contributed by atoms with E-state index in [9.17, 15) is 4.79 Å². The third-order valence-electron chi connectivity index (χ3n) is 2.20. The van der Waals surface area contributed by atoms with Crippen LogP contribution < -0.4 is 5.32 Å². The van der Waals surface area contributed by atoms with Gasteiger partial charge in [0.05, 0.1) is 6.61 Å². The summed E-state index contributed by atoms with van der Waals surface area (Å²) in [6, 6.07) is 7.03. The van der Waals surface area contributed by atoms with Gasteiger partial charge >= 0.3 is 0 Å². The number of aliphatic imine (C=N–C) groups is 1. The molecule has 1 amide bonds. The van der Waals surface area contributed by atoms with Crippen LogP contribution in [-0.2, 0) is 4.79 Å². The van der Waals surface area contributed by atoms with Crippen LogP contribution in [0.2, 0.25) is 0 Å². The van der Waals surface area contributed by atoms with Gasteiger partial charge in [0.1, 0.15) is 0 Å². The monoisotopic (exact) mass is 220 g/mol. The molecular formula is C12H16N2O2. The van der Waals surface area contributed by atoms with E-state index in [1.807, 2.05) is 31.2 Å². The Morgan fingerprint density at radius 2 is 2.12 bits per heavy atom. The standard InChI is InChI=1S/C12H16N2O2/c1-9-3-5-10(6-4-9)7-14-11(8-15)12(16)13-2/h3-7,11,15H,8H2,1-2H3,(H,13,16)/t11-/m0/s1. The van der Waals surface area contributed by atoms with E-state index in [0.717, 1.165) is 5.56 Å². The molecule has 0 radical (unpaired) electrons. The highest BCUT2D eigenvalue weighted by molar-refractivity contribution is 5.86. The van der Waals surface area contributed by atoms with Crippen molar-refractivity contribution < 1.29 is 9.90 Å². The highest BCUT2D eigenvalue weighted by Crippen LogP contribution is 2.01. The van der Waals surface area contributed by atoms with Crippen molar-refractivity contribution in [2.45, 2.75) is 13.0 Å². The quantitative estimate of drug-likeness (QED) is 0.727. The van der Waals surface area contributed by atoms with Crippen LogP contribution in [0.5, 0.6) is 0 Å². The van der Waals surface area contributed by atoms with Gasteiger partial charge < -0.3 is 10.4 Å². The van der Waals surface area contributed by atoms with Crippen molar-refractivity contribution in [3.05, 3.63) is 35.4 Å². The van der Waals surface area contributed by atoms with Crippen molar-refractivity contribution in [3.63, 3.8) is 0 Å². The van der Waals surface area contributed by atoms with Gasteiger partial charge in [0, 0.05) is 13.3 Å². The van der Waals surface area contributed by atoms with Gasteiger partial charge in [-0.3, -0.25) is 9.79 Å². The zero-order chi connectivity index (χ0) is 12.0. The molecule has 0 saturated carbocycles. The molecule has 1 aromatic rings. The predicted molar refractivity (Wildman–Crippen MR) is 63.7 cm³/mol. The van der Waals surface area contributed by atoms with E-state index in [1.54, 1.807) is 6.21 Å². The lowest BCUT2D eigenvalue weighted by atomic mass is 10.2. The first-order valence-electron chi connectivity index (χ1n) is 5.09. The number of hydrogen-bond acceptors (Lipinski definition) is 3. The molecule has 1 aromatic carbocycles. The van der Waals surface area contributed by atoms with E-state index >= 15 is 0 Å². The van der Waals surface area contributed by atoms with Crippen LogP contribution in [0, 0.1) is 6.92 Å². The maximum atomic E-state index is 11.2. The molecule has 2 N–H and O–H groups in total. The van der Waals surface area contributed by atoms with E-state index in [0.29, 0.717) is 0 Å². The minimum Gasteiger partial charge on any atom is -0.394 e. The van der Waals surface area contributed by atoms with Crippen LogP contribution in [0.3, 0.4) is 0 Å². The van der Waals surface area contributed by atoms with E-state index < -0.39 is 6.04 Å². The molecule has 0 spiro atoms. The summed E-state index contributed by atoms with van der Waals surface area (Å²) in [6.45, 7) is 1.71. The topological polar surface area (TPSA) is 61.7 Å². The first-order valence-corrected chi connectivity index (χ1v) is 5.09. The Morgan fingerprint density at radius 3 is 2.62 bits per heavy atom. The predicted octanol–water partition coefficient (Wildman–Crippen LogP) is 0.521. The minimum absolute atomic E-state index is 0.286. The summed E-state index contributed by atoms with van der Waals surface area (Å²) in [5.41, 5.74) is 2.08. The molecule has 0 bridgehead atoms. The number of carbonyl (C=O) groups excluding carboxylic acids is 1. The number of aliphatic hydroxyl groups is 1. The molecule has 1 atom stereocenters. The van der Waals surface area contributed by atoms with E-state index in [1.165, 1.54) is 12.6 Å². The second kappa shape index (κ2) is 6.02. The van der Waals surface area contributed by atoms with Gasteiger partial charge in [-0.1, -0.05) is 29.8 Å². The van der Waals surface area contributed by atoms with E-state index in [2.05, 4.69) is 10.3 Å². The van der Waals surface area contributed by atoms with E-state index in [4.69, 9.17) is 5.11 Å². The third kappa shape index (κ3) is 3.47. The van der Waals surface area contributed by atoms with Crippen molar-refractivity contribution in [1.82, 2.24) is 5.32 Å². The number of aryl methyl sites for hydroxylation is 1. The van der Waals surface area contributed by atoms with Crippen molar-refractivity contribution >= 4 is 12.1 Å².